The van der Waals surface area contributed by atoms with Gasteiger partial charge in [0.15, 0.2) is 6.04 Å². The highest BCUT2D eigenvalue weighted by atomic mass is 19.3. The summed E-state index contributed by atoms with van der Waals surface area (Å²) in [6, 6.07) is 4.83. The minimum atomic E-state index is -3.51. The Labute approximate surface area is 116 Å². The Bertz CT molecular complexity index is 469. The smallest absolute Gasteiger partial charge is 0.408 e. The van der Waals surface area contributed by atoms with E-state index in [1.165, 1.54) is 24.3 Å². The van der Waals surface area contributed by atoms with Crippen molar-refractivity contribution in [2.75, 3.05) is 0 Å². The van der Waals surface area contributed by atoms with E-state index < -0.39 is 23.7 Å². The van der Waals surface area contributed by atoms with Gasteiger partial charge in [-0.05, 0) is 20.8 Å². The molecule has 110 valence electrons. The molecule has 1 N–H and O–H groups in total. The second kappa shape index (κ2) is 5.98. The largest absolute Gasteiger partial charge is 0.444 e. The summed E-state index contributed by atoms with van der Waals surface area (Å²) in [5.41, 5.74) is -1.19. The summed E-state index contributed by atoms with van der Waals surface area (Å²) in [4.78, 5) is 22.4. The first-order chi connectivity index (χ1) is 9.16. The lowest BCUT2D eigenvalue weighted by Gasteiger charge is -2.26. The van der Waals surface area contributed by atoms with Crippen LogP contribution in [-0.4, -0.2) is 24.0 Å². The maximum atomic E-state index is 14.1. The number of aldehydes is 1. The highest BCUT2D eigenvalue weighted by molar-refractivity contribution is 5.74. The highest BCUT2D eigenvalue weighted by Crippen LogP contribution is 2.31. The fraction of sp³-hybridized carbons (Fsp3) is 0.429. The number of carbonyl (C=O) groups is 2. The van der Waals surface area contributed by atoms with Gasteiger partial charge in [0.25, 0.3) is 5.92 Å². The molecule has 0 aromatic heterocycles. The molecular weight excluding hydrogens is 268 g/mol. The average molecular weight is 285 g/mol. The molecule has 1 atom stereocenters. The van der Waals surface area contributed by atoms with Crippen LogP contribution >= 0.6 is 0 Å². The molecule has 0 fully saturated rings. The van der Waals surface area contributed by atoms with Gasteiger partial charge in [0.05, 0.1) is 0 Å². The van der Waals surface area contributed by atoms with E-state index in [4.69, 9.17) is 4.74 Å². The van der Waals surface area contributed by atoms with Crippen LogP contribution in [0.15, 0.2) is 30.3 Å². The third-order valence-corrected chi connectivity index (χ3v) is 2.36. The van der Waals surface area contributed by atoms with E-state index in [1.54, 1.807) is 26.8 Å². The van der Waals surface area contributed by atoms with E-state index in [2.05, 4.69) is 0 Å². The normalized spacial score (nSPS) is 13.4. The number of halogens is 2. The molecule has 0 heterocycles. The van der Waals surface area contributed by atoms with Crippen molar-refractivity contribution >= 4 is 12.4 Å². The molecule has 20 heavy (non-hydrogen) atoms. The third-order valence-electron chi connectivity index (χ3n) is 2.36. The Kier molecular flexibility index (Phi) is 4.81. The molecule has 0 saturated heterocycles. The van der Waals surface area contributed by atoms with E-state index >= 15 is 0 Å². The molecule has 1 aromatic carbocycles. The second-order valence-electron chi connectivity index (χ2n) is 5.25. The van der Waals surface area contributed by atoms with Crippen LogP contribution in [0.5, 0.6) is 0 Å². The van der Waals surface area contributed by atoms with Crippen molar-refractivity contribution in [3.8, 4) is 0 Å². The van der Waals surface area contributed by atoms with Crippen LogP contribution in [0.25, 0.3) is 0 Å². The van der Waals surface area contributed by atoms with Crippen LogP contribution in [0.3, 0.4) is 0 Å². The van der Waals surface area contributed by atoms with Crippen molar-refractivity contribution in [2.24, 2.45) is 0 Å². The number of amides is 1. The summed E-state index contributed by atoms with van der Waals surface area (Å²) < 4.78 is 33.1. The average Bonchev–Trinajstić information content (AvgIpc) is 2.34. The molecule has 0 aliphatic carbocycles. The first-order valence-corrected chi connectivity index (χ1v) is 6.05. The Morgan fingerprint density at radius 3 is 2.25 bits per heavy atom. The van der Waals surface area contributed by atoms with Crippen LogP contribution in [0.4, 0.5) is 13.6 Å². The van der Waals surface area contributed by atoms with Crippen LogP contribution in [0, 0.1) is 0 Å². The Morgan fingerprint density at radius 1 is 1.25 bits per heavy atom. The van der Waals surface area contributed by atoms with E-state index in [1.807, 2.05) is 5.32 Å². The molecule has 0 saturated carbocycles. The number of hydrogen-bond donors (Lipinski definition) is 1. The van der Waals surface area contributed by atoms with E-state index in [9.17, 15) is 18.4 Å². The first kappa shape index (κ1) is 16.1. The molecule has 1 unspecified atom stereocenters. The predicted octanol–water partition coefficient (Wildman–Crippen LogP) is 2.87. The molecular formula is C14H17F2NO3. The fourth-order valence-electron chi connectivity index (χ4n) is 1.48. The van der Waals surface area contributed by atoms with E-state index in [0.717, 1.165) is 0 Å². The van der Waals surface area contributed by atoms with Crippen LogP contribution in [0.2, 0.25) is 0 Å². The highest BCUT2D eigenvalue weighted by Gasteiger charge is 2.42. The van der Waals surface area contributed by atoms with Gasteiger partial charge in [-0.15, -0.1) is 0 Å². The van der Waals surface area contributed by atoms with Gasteiger partial charge in [-0.1, -0.05) is 30.3 Å². The molecule has 0 radical (unpaired) electrons. The SMILES string of the molecule is CC(C)(C)OC(=O)NC(C=O)C(F)(F)c1ccccc1. The molecule has 0 spiro atoms. The van der Waals surface area contributed by atoms with Gasteiger partial charge in [0.2, 0.25) is 0 Å². The summed E-state index contributed by atoms with van der Waals surface area (Å²) in [5, 5.41) is 1.88. The summed E-state index contributed by atoms with van der Waals surface area (Å²) in [6.07, 6.45) is -1.07. The second-order valence-corrected chi connectivity index (χ2v) is 5.25. The van der Waals surface area contributed by atoms with E-state index in [0.29, 0.717) is 0 Å². The van der Waals surface area contributed by atoms with Crippen molar-refractivity contribution in [1.29, 1.82) is 0 Å². The number of benzene rings is 1. The Morgan fingerprint density at radius 2 is 1.80 bits per heavy atom. The molecule has 6 heteroatoms. The number of carbonyl (C=O) groups excluding carboxylic acids is 2. The quantitative estimate of drug-likeness (QED) is 0.865. The zero-order valence-corrected chi connectivity index (χ0v) is 11.5. The van der Waals surface area contributed by atoms with Gasteiger partial charge in [-0.3, -0.25) is 0 Å². The van der Waals surface area contributed by atoms with Gasteiger partial charge in [-0.25, -0.2) is 4.79 Å². The number of nitrogens with one attached hydrogen (secondary N) is 1. The zero-order chi connectivity index (χ0) is 15.4. The number of alkyl carbamates (subject to hydrolysis) is 1. The lowest BCUT2D eigenvalue weighted by molar-refractivity contribution is -0.120. The van der Waals surface area contributed by atoms with Crippen molar-refractivity contribution in [3.63, 3.8) is 0 Å². The number of alkyl halides is 2. The summed E-state index contributed by atoms with van der Waals surface area (Å²) >= 11 is 0. The van der Waals surface area contributed by atoms with Crippen LogP contribution < -0.4 is 5.32 Å². The third kappa shape index (κ3) is 4.29. The van der Waals surface area contributed by atoms with Gasteiger partial charge in [0.1, 0.15) is 11.9 Å². The maximum absolute atomic E-state index is 14.1. The Hall–Kier alpha value is -1.98. The van der Waals surface area contributed by atoms with Crippen LogP contribution in [-0.2, 0) is 15.5 Å². The monoisotopic (exact) mass is 285 g/mol. The van der Waals surface area contributed by atoms with Crippen molar-refractivity contribution in [1.82, 2.24) is 5.32 Å². The van der Waals surface area contributed by atoms with Gasteiger partial charge < -0.3 is 14.8 Å². The molecule has 0 bridgehead atoms. The summed E-state index contributed by atoms with van der Waals surface area (Å²) in [6.45, 7) is 4.79. The minimum Gasteiger partial charge on any atom is -0.444 e. The summed E-state index contributed by atoms with van der Waals surface area (Å²) in [7, 11) is 0. The van der Waals surface area contributed by atoms with Crippen molar-refractivity contribution in [3.05, 3.63) is 35.9 Å². The molecule has 1 amide bonds. The Balaban J connectivity index is 2.85. The number of hydrogen-bond acceptors (Lipinski definition) is 3. The van der Waals surface area contributed by atoms with Gasteiger partial charge in [-0.2, -0.15) is 8.78 Å². The minimum absolute atomic E-state index is 0.00306. The lowest BCUT2D eigenvalue weighted by Crippen LogP contribution is -2.48. The number of rotatable bonds is 4. The molecule has 0 aliphatic heterocycles. The van der Waals surface area contributed by atoms with Gasteiger partial charge in [0, 0.05) is 5.56 Å². The van der Waals surface area contributed by atoms with Crippen LogP contribution in [0.1, 0.15) is 26.3 Å². The number of ether oxygens (including phenoxy) is 1. The fourth-order valence-corrected chi connectivity index (χ4v) is 1.48. The van der Waals surface area contributed by atoms with Gasteiger partial charge >= 0.3 is 6.09 Å². The van der Waals surface area contributed by atoms with Crippen molar-refractivity contribution in [2.45, 2.75) is 38.3 Å². The molecule has 1 rings (SSSR count). The van der Waals surface area contributed by atoms with E-state index in [-0.39, 0.29) is 11.8 Å². The predicted molar refractivity (Wildman–Crippen MR) is 69.6 cm³/mol. The molecule has 1 aromatic rings. The molecule has 0 aliphatic rings. The zero-order valence-electron chi connectivity index (χ0n) is 11.5. The topological polar surface area (TPSA) is 55.4 Å². The molecule has 4 nitrogen and oxygen atoms in total. The summed E-state index contributed by atoms with van der Waals surface area (Å²) in [5.74, 6) is -3.51. The first-order valence-electron chi connectivity index (χ1n) is 6.05. The standard InChI is InChI=1S/C14H17F2NO3/c1-13(2,3)20-12(19)17-11(9-18)14(15,16)10-7-5-4-6-8-10/h4-9,11H,1-3H3,(H,17,19). The lowest BCUT2D eigenvalue weighted by atomic mass is 10.0. The van der Waals surface area contributed by atoms with Crippen molar-refractivity contribution < 1.29 is 23.1 Å². The maximum Gasteiger partial charge on any atom is 0.408 e.